The smallest absolute Gasteiger partial charge is 0.262 e. The van der Waals surface area contributed by atoms with Gasteiger partial charge in [0.2, 0.25) is 10.0 Å². The van der Waals surface area contributed by atoms with Gasteiger partial charge in [0.25, 0.3) is 10.0 Å². The Balaban J connectivity index is 1.84. The lowest BCUT2D eigenvalue weighted by atomic mass is 10.0. The Morgan fingerprint density at radius 3 is 2.57 bits per heavy atom. The summed E-state index contributed by atoms with van der Waals surface area (Å²) in [5.41, 5.74) is 2.25. The minimum absolute atomic E-state index is 0.0942. The van der Waals surface area contributed by atoms with Gasteiger partial charge >= 0.3 is 0 Å². The van der Waals surface area contributed by atoms with Crippen LogP contribution in [0.5, 0.6) is 5.75 Å². The van der Waals surface area contributed by atoms with E-state index in [0.717, 1.165) is 11.1 Å². The normalized spacial score (nSPS) is 15.1. The van der Waals surface area contributed by atoms with E-state index in [1.807, 2.05) is 13.0 Å². The second kappa shape index (κ2) is 8.10. The molecular weight excluding hydrogens is 400 g/mol. The van der Waals surface area contributed by atoms with Gasteiger partial charge in [-0.05, 0) is 48.2 Å². The number of rotatable bonds is 7. The fraction of sp³-hybridized carbons (Fsp3) is 0.368. The molecule has 0 amide bonds. The third-order valence-corrected chi connectivity index (χ3v) is 8.04. The molecule has 0 fully saturated rings. The number of sulfonamides is 2. The highest BCUT2D eigenvalue weighted by molar-refractivity contribution is 7.92. The zero-order chi connectivity index (χ0) is 20.4. The van der Waals surface area contributed by atoms with Crippen LogP contribution in [0, 0.1) is 0 Å². The van der Waals surface area contributed by atoms with Crippen LogP contribution in [0.2, 0.25) is 0 Å². The molecule has 2 aromatic rings. The van der Waals surface area contributed by atoms with E-state index in [-0.39, 0.29) is 17.2 Å². The van der Waals surface area contributed by atoms with Crippen molar-refractivity contribution in [2.24, 2.45) is 0 Å². The number of methoxy groups -OCH3 is 1. The van der Waals surface area contributed by atoms with Gasteiger partial charge in [-0.3, -0.25) is 4.72 Å². The van der Waals surface area contributed by atoms with Gasteiger partial charge in [0, 0.05) is 24.8 Å². The van der Waals surface area contributed by atoms with Crippen LogP contribution in [-0.2, 0) is 33.0 Å². The minimum atomic E-state index is -3.78. The number of hydrogen-bond acceptors (Lipinski definition) is 5. The molecule has 1 N–H and O–H groups in total. The Hall–Kier alpha value is -2.10. The first-order chi connectivity index (χ1) is 13.2. The predicted molar refractivity (Wildman–Crippen MR) is 108 cm³/mol. The first-order valence-electron chi connectivity index (χ1n) is 9.01. The molecule has 0 aromatic heterocycles. The van der Waals surface area contributed by atoms with Crippen molar-refractivity contribution in [3.05, 3.63) is 53.6 Å². The number of ether oxygens (including phenoxy) is 1. The third kappa shape index (κ3) is 4.48. The highest BCUT2D eigenvalue weighted by Crippen LogP contribution is 2.26. The fourth-order valence-electron chi connectivity index (χ4n) is 3.20. The monoisotopic (exact) mass is 424 g/mol. The number of hydrogen-bond donors (Lipinski definition) is 1. The van der Waals surface area contributed by atoms with E-state index < -0.39 is 20.0 Å². The van der Waals surface area contributed by atoms with Crippen LogP contribution >= 0.6 is 0 Å². The van der Waals surface area contributed by atoms with Gasteiger partial charge in [-0.15, -0.1) is 0 Å². The summed E-state index contributed by atoms with van der Waals surface area (Å²) in [5.74, 6) is 0.565. The van der Waals surface area contributed by atoms with Crippen LogP contribution in [0.25, 0.3) is 0 Å². The quantitative estimate of drug-likeness (QED) is 0.737. The van der Waals surface area contributed by atoms with E-state index in [1.54, 1.807) is 24.3 Å². The molecular formula is C19H24N2O5S2. The lowest BCUT2D eigenvalue weighted by Crippen LogP contribution is -2.37. The summed E-state index contributed by atoms with van der Waals surface area (Å²) in [4.78, 5) is 0.0942. The van der Waals surface area contributed by atoms with E-state index in [0.29, 0.717) is 30.8 Å². The van der Waals surface area contributed by atoms with Crippen LogP contribution < -0.4 is 9.46 Å². The molecule has 0 saturated heterocycles. The first kappa shape index (κ1) is 20.6. The Bertz CT molecular complexity index is 1070. The topological polar surface area (TPSA) is 92.8 Å². The molecule has 152 valence electrons. The second-order valence-corrected chi connectivity index (χ2v) is 10.4. The van der Waals surface area contributed by atoms with Crippen molar-refractivity contribution in [2.45, 2.75) is 31.2 Å². The summed E-state index contributed by atoms with van der Waals surface area (Å²) in [5, 5.41) is 0. The third-order valence-electron chi connectivity index (χ3n) is 4.64. The number of nitrogens with zero attached hydrogens (tertiary/aromatic N) is 1. The lowest BCUT2D eigenvalue weighted by molar-refractivity contribution is 0.391. The molecule has 7 nitrogen and oxygen atoms in total. The van der Waals surface area contributed by atoms with Gasteiger partial charge in [-0.25, -0.2) is 16.8 Å². The molecule has 1 aliphatic rings. The number of anilines is 1. The number of fused-ring (bicyclic) bond motifs is 1. The molecule has 0 spiro atoms. The van der Waals surface area contributed by atoms with E-state index in [4.69, 9.17) is 4.74 Å². The summed E-state index contributed by atoms with van der Waals surface area (Å²) in [6.45, 7) is 2.54. The van der Waals surface area contributed by atoms with Crippen LogP contribution in [-0.4, -0.2) is 40.5 Å². The molecule has 3 rings (SSSR count). The maximum Gasteiger partial charge on any atom is 0.262 e. The van der Waals surface area contributed by atoms with Gasteiger partial charge in [0.05, 0.1) is 17.8 Å². The van der Waals surface area contributed by atoms with Crippen molar-refractivity contribution in [3.63, 3.8) is 0 Å². The maximum atomic E-state index is 12.7. The van der Waals surface area contributed by atoms with Crippen molar-refractivity contribution >= 4 is 25.7 Å². The Morgan fingerprint density at radius 2 is 1.86 bits per heavy atom. The molecule has 28 heavy (non-hydrogen) atoms. The zero-order valence-electron chi connectivity index (χ0n) is 15.9. The van der Waals surface area contributed by atoms with E-state index in [9.17, 15) is 16.8 Å². The highest BCUT2D eigenvalue weighted by atomic mass is 32.2. The largest absolute Gasteiger partial charge is 0.497 e. The van der Waals surface area contributed by atoms with Crippen molar-refractivity contribution in [1.29, 1.82) is 0 Å². The van der Waals surface area contributed by atoms with Gasteiger partial charge in [0.1, 0.15) is 5.75 Å². The van der Waals surface area contributed by atoms with Crippen LogP contribution in [0.3, 0.4) is 0 Å². The van der Waals surface area contributed by atoms with Crippen LogP contribution in [0.4, 0.5) is 5.69 Å². The minimum Gasteiger partial charge on any atom is -0.497 e. The highest BCUT2D eigenvalue weighted by Gasteiger charge is 2.26. The van der Waals surface area contributed by atoms with Crippen LogP contribution in [0.1, 0.15) is 24.5 Å². The van der Waals surface area contributed by atoms with Crippen molar-refractivity contribution in [1.82, 2.24) is 4.31 Å². The van der Waals surface area contributed by atoms with Crippen molar-refractivity contribution in [3.8, 4) is 5.75 Å². The predicted octanol–water partition coefficient (Wildman–Crippen LogP) is 2.59. The summed E-state index contributed by atoms with van der Waals surface area (Å²) in [6, 6.07) is 11.5. The van der Waals surface area contributed by atoms with E-state index >= 15 is 0 Å². The first-order valence-corrected chi connectivity index (χ1v) is 12.1. The summed E-state index contributed by atoms with van der Waals surface area (Å²) >= 11 is 0. The molecule has 0 saturated carbocycles. The molecule has 1 aliphatic heterocycles. The average molecular weight is 425 g/mol. The molecule has 0 atom stereocenters. The van der Waals surface area contributed by atoms with Crippen molar-refractivity contribution in [2.75, 3.05) is 24.1 Å². The Kier molecular flexibility index (Phi) is 5.97. The molecule has 0 unspecified atom stereocenters. The van der Waals surface area contributed by atoms with Gasteiger partial charge < -0.3 is 4.74 Å². The standard InChI is InChI=1S/C19H24N2O5S2/c1-3-11-27(22,23)21-10-9-15-7-8-17(12-16(15)14-21)20-28(24,25)19-6-4-5-18(13-19)26-2/h4-8,12-13,20H,3,9-11,14H2,1-2H3. The maximum absolute atomic E-state index is 12.7. The summed E-state index contributed by atoms with van der Waals surface area (Å²) < 4.78 is 59.2. The summed E-state index contributed by atoms with van der Waals surface area (Å²) in [7, 11) is -5.61. The van der Waals surface area contributed by atoms with Crippen LogP contribution in [0.15, 0.2) is 47.4 Å². The molecule has 9 heteroatoms. The molecule has 0 radical (unpaired) electrons. The molecule has 2 aromatic carbocycles. The van der Waals surface area contributed by atoms with E-state index in [1.165, 1.54) is 23.5 Å². The van der Waals surface area contributed by atoms with E-state index in [2.05, 4.69) is 4.72 Å². The second-order valence-electron chi connectivity index (χ2n) is 6.67. The zero-order valence-corrected chi connectivity index (χ0v) is 17.5. The fourth-order valence-corrected chi connectivity index (χ4v) is 5.77. The summed E-state index contributed by atoms with van der Waals surface area (Å²) in [6.07, 6.45) is 1.17. The lowest BCUT2D eigenvalue weighted by Gasteiger charge is -2.28. The Morgan fingerprint density at radius 1 is 1.07 bits per heavy atom. The van der Waals surface area contributed by atoms with Gasteiger partial charge in [0.15, 0.2) is 0 Å². The number of benzene rings is 2. The molecule has 0 aliphatic carbocycles. The number of nitrogens with one attached hydrogen (secondary N) is 1. The van der Waals surface area contributed by atoms with Gasteiger partial charge in [-0.1, -0.05) is 19.1 Å². The van der Waals surface area contributed by atoms with Crippen molar-refractivity contribution < 1.29 is 21.6 Å². The molecule has 0 bridgehead atoms. The molecule has 1 heterocycles. The average Bonchev–Trinajstić information content (AvgIpc) is 2.67. The Labute approximate surface area is 166 Å². The SMILES string of the molecule is CCCS(=O)(=O)N1CCc2ccc(NS(=O)(=O)c3cccc(OC)c3)cc2C1. The van der Waals surface area contributed by atoms with Gasteiger partial charge in [-0.2, -0.15) is 4.31 Å².